The summed E-state index contributed by atoms with van der Waals surface area (Å²) >= 11 is 14.0. The highest BCUT2D eigenvalue weighted by Crippen LogP contribution is 2.37. The number of rotatable bonds is 6. The fraction of sp³-hybridized carbons (Fsp3) is 0.125. The average molecular weight is 525 g/mol. The van der Waals surface area contributed by atoms with Gasteiger partial charge in [0.15, 0.2) is 0 Å². The van der Waals surface area contributed by atoms with E-state index in [1.54, 1.807) is 42.9 Å². The van der Waals surface area contributed by atoms with Gasteiger partial charge in [0.1, 0.15) is 27.1 Å². The second-order valence-corrected chi connectivity index (χ2v) is 9.53. The van der Waals surface area contributed by atoms with Crippen molar-refractivity contribution in [3.8, 4) is 33.0 Å². The Morgan fingerprint density at radius 2 is 1.94 bits per heavy atom. The molecule has 0 amide bonds. The number of halogens is 2. The van der Waals surface area contributed by atoms with Crippen molar-refractivity contribution in [2.75, 3.05) is 5.73 Å². The Labute approximate surface area is 214 Å². The van der Waals surface area contributed by atoms with Gasteiger partial charge in [0.05, 0.1) is 23.3 Å². The predicted molar refractivity (Wildman–Crippen MR) is 136 cm³/mol. The van der Waals surface area contributed by atoms with Crippen LogP contribution in [0.25, 0.3) is 21.5 Å². The number of aromatic nitrogens is 5. The van der Waals surface area contributed by atoms with Crippen LogP contribution in [0.1, 0.15) is 22.7 Å². The molecule has 0 atom stereocenters. The second-order valence-electron chi connectivity index (χ2n) is 7.68. The van der Waals surface area contributed by atoms with Crippen molar-refractivity contribution in [2.45, 2.75) is 20.3 Å². The quantitative estimate of drug-likeness (QED) is 0.249. The van der Waals surface area contributed by atoms with E-state index in [0.29, 0.717) is 51.1 Å². The summed E-state index contributed by atoms with van der Waals surface area (Å²) in [6, 6.07) is 8.69. The van der Waals surface area contributed by atoms with Crippen LogP contribution in [-0.2, 0) is 6.42 Å². The highest BCUT2D eigenvalue weighted by atomic mass is 35.5. The minimum Gasteiger partial charge on any atom is -0.455 e. The molecule has 3 heterocycles. The lowest BCUT2D eigenvalue weighted by Gasteiger charge is -2.14. The number of thiazole rings is 1. The van der Waals surface area contributed by atoms with E-state index in [0.717, 1.165) is 26.7 Å². The van der Waals surface area contributed by atoms with Gasteiger partial charge in [0.25, 0.3) is 5.89 Å². The van der Waals surface area contributed by atoms with Gasteiger partial charge in [-0.3, -0.25) is 9.97 Å². The first-order valence-electron chi connectivity index (χ1n) is 10.5. The lowest BCUT2D eigenvalue weighted by Crippen LogP contribution is -1.97. The minimum atomic E-state index is 0.402. The van der Waals surface area contributed by atoms with Gasteiger partial charge in [-0.1, -0.05) is 29.3 Å². The molecule has 11 heteroatoms. The molecule has 0 saturated carbocycles. The summed E-state index contributed by atoms with van der Waals surface area (Å²) in [5.41, 5.74) is 9.62. The van der Waals surface area contributed by atoms with E-state index in [-0.39, 0.29) is 0 Å². The second kappa shape index (κ2) is 9.61. The van der Waals surface area contributed by atoms with Crippen LogP contribution in [0.2, 0.25) is 10.0 Å². The van der Waals surface area contributed by atoms with Gasteiger partial charge < -0.3 is 14.9 Å². The van der Waals surface area contributed by atoms with Crippen molar-refractivity contribution in [2.24, 2.45) is 0 Å². The maximum absolute atomic E-state index is 6.43. The first-order valence-corrected chi connectivity index (χ1v) is 12.0. The van der Waals surface area contributed by atoms with Gasteiger partial charge in [-0.15, -0.1) is 21.5 Å². The van der Waals surface area contributed by atoms with Gasteiger partial charge >= 0.3 is 0 Å². The minimum absolute atomic E-state index is 0.402. The lowest BCUT2D eigenvalue weighted by molar-refractivity contribution is 0.477. The van der Waals surface area contributed by atoms with E-state index in [1.165, 1.54) is 11.3 Å². The molecule has 35 heavy (non-hydrogen) atoms. The molecule has 0 aliphatic rings. The van der Waals surface area contributed by atoms with Crippen molar-refractivity contribution in [3.63, 3.8) is 0 Å². The van der Waals surface area contributed by atoms with Crippen LogP contribution >= 0.6 is 34.5 Å². The summed E-state index contributed by atoms with van der Waals surface area (Å²) in [6.07, 6.45) is 5.32. The normalized spacial score (nSPS) is 11.1. The predicted octanol–water partition coefficient (Wildman–Crippen LogP) is 6.54. The molecule has 2 aromatic carbocycles. The van der Waals surface area contributed by atoms with E-state index in [2.05, 4.69) is 25.1 Å². The number of ether oxygens (including phenoxy) is 1. The highest BCUT2D eigenvalue weighted by molar-refractivity contribution is 7.18. The molecule has 0 aliphatic heterocycles. The molecule has 0 unspecified atom stereocenters. The SMILES string of the molecule is Cc1nc(-c2cnccn2)sc1-c1nnc(Cc2ccc(Cl)c(Oc3cc(N)cc(Cl)c3)c2C)o1. The van der Waals surface area contributed by atoms with Crippen LogP contribution in [0, 0.1) is 13.8 Å². The van der Waals surface area contributed by atoms with Gasteiger partial charge in [-0.2, -0.15) is 0 Å². The maximum atomic E-state index is 6.43. The topological polar surface area (TPSA) is 113 Å². The summed E-state index contributed by atoms with van der Waals surface area (Å²) in [5, 5.41) is 10.2. The van der Waals surface area contributed by atoms with E-state index in [9.17, 15) is 0 Å². The Bertz CT molecular complexity index is 1500. The van der Waals surface area contributed by atoms with Crippen molar-refractivity contribution in [3.05, 3.63) is 81.7 Å². The molecule has 2 N–H and O–H groups in total. The molecular weight excluding hydrogens is 507 g/mol. The van der Waals surface area contributed by atoms with Gasteiger partial charge in [0.2, 0.25) is 5.89 Å². The Morgan fingerprint density at radius 1 is 1.09 bits per heavy atom. The first kappa shape index (κ1) is 23.2. The van der Waals surface area contributed by atoms with Crippen molar-refractivity contribution in [1.82, 2.24) is 25.1 Å². The molecule has 176 valence electrons. The van der Waals surface area contributed by atoms with Crippen LogP contribution in [-0.4, -0.2) is 25.1 Å². The highest BCUT2D eigenvalue weighted by Gasteiger charge is 2.19. The van der Waals surface area contributed by atoms with Gasteiger partial charge in [-0.05, 0) is 43.2 Å². The monoisotopic (exact) mass is 524 g/mol. The zero-order valence-corrected chi connectivity index (χ0v) is 20.9. The number of benzene rings is 2. The van der Waals surface area contributed by atoms with Gasteiger partial charge in [-0.25, -0.2) is 4.98 Å². The molecule has 8 nitrogen and oxygen atoms in total. The Hall–Kier alpha value is -3.53. The molecule has 5 aromatic rings. The first-order chi connectivity index (χ1) is 16.9. The fourth-order valence-corrected chi connectivity index (χ4v) is 4.90. The van der Waals surface area contributed by atoms with Crippen molar-refractivity contribution in [1.29, 1.82) is 0 Å². The smallest absolute Gasteiger partial charge is 0.259 e. The third-order valence-corrected chi connectivity index (χ3v) is 6.85. The molecule has 0 aliphatic carbocycles. The summed E-state index contributed by atoms with van der Waals surface area (Å²) in [7, 11) is 0. The van der Waals surface area contributed by atoms with E-state index in [4.69, 9.17) is 38.1 Å². The number of nitrogens with two attached hydrogens (primary N) is 1. The van der Waals surface area contributed by atoms with E-state index in [1.807, 2.05) is 19.9 Å². The number of hydrogen-bond donors (Lipinski definition) is 1. The number of aryl methyl sites for hydroxylation is 1. The third-order valence-electron chi connectivity index (χ3n) is 5.17. The number of nitrogens with zero attached hydrogens (tertiary/aromatic N) is 5. The Balaban J connectivity index is 1.40. The molecular formula is C24H18Cl2N6O2S. The number of hydrogen-bond acceptors (Lipinski definition) is 9. The van der Waals surface area contributed by atoms with Crippen molar-refractivity contribution < 1.29 is 9.15 Å². The molecule has 0 spiro atoms. The molecule has 0 radical (unpaired) electrons. The molecule has 5 rings (SSSR count). The van der Waals surface area contributed by atoms with Crippen LogP contribution in [0.15, 0.2) is 53.3 Å². The lowest BCUT2D eigenvalue weighted by atomic mass is 10.0. The number of nitrogen functional groups attached to an aromatic ring is 1. The van der Waals surface area contributed by atoms with Crippen molar-refractivity contribution >= 4 is 40.2 Å². The Morgan fingerprint density at radius 3 is 2.71 bits per heavy atom. The Kier molecular flexibility index (Phi) is 6.38. The summed E-state index contributed by atoms with van der Waals surface area (Å²) in [6.45, 7) is 3.81. The zero-order valence-electron chi connectivity index (χ0n) is 18.6. The summed E-state index contributed by atoms with van der Waals surface area (Å²) in [4.78, 5) is 13.8. The maximum Gasteiger partial charge on any atom is 0.259 e. The van der Waals surface area contributed by atoms with Crippen LogP contribution < -0.4 is 10.5 Å². The molecule has 3 aromatic heterocycles. The molecule has 0 bridgehead atoms. The standard InChI is InChI=1S/C24H18Cl2N6O2S/c1-12-14(3-4-18(26)21(12)33-17-9-15(25)8-16(27)10-17)7-20-31-32-23(34-20)22-13(2)30-24(35-22)19-11-28-5-6-29-19/h3-6,8-11H,7,27H2,1-2H3. The number of anilines is 1. The fourth-order valence-electron chi connectivity index (χ4n) is 3.47. The van der Waals surface area contributed by atoms with Crippen LogP contribution in [0.4, 0.5) is 5.69 Å². The van der Waals surface area contributed by atoms with Crippen LogP contribution in [0.5, 0.6) is 11.5 Å². The largest absolute Gasteiger partial charge is 0.455 e. The van der Waals surface area contributed by atoms with Gasteiger partial charge in [0, 0.05) is 29.2 Å². The van der Waals surface area contributed by atoms with Crippen LogP contribution in [0.3, 0.4) is 0 Å². The average Bonchev–Trinajstić information content (AvgIpc) is 3.45. The molecule has 0 fully saturated rings. The summed E-state index contributed by atoms with van der Waals surface area (Å²) < 4.78 is 12.0. The molecule has 0 saturated heterocycles. The van der Waals surface area contributed by atoms with E-state index < -0.39 is 0 Å². The van der Waals surface area contributed by atoms with E-state index >= 15 is 0 Å². The zero-order chi connectivity index (χ0) is 24.5. The third kappa shape index (κ3) is 4.97. The summed E-state index contributed by atoms with van der Waals surface area (Å²) in [5.74, 6) is 1.87.